The fraction of sp³-hybridized carbons (Fsp3) is 0. The molecule has 4 nitrogen and oxygen atoms in total. The van der Waals surface area contributed by atoms with Gasteiger partial charge in [-0.3, -0.25) is 4.79 Å². The molecule has 2 rings (SSSR count). The molecule has 0 spiro atoms. The second-order valence-electron chi connectivity index (χ2n) is 3.43. The summed E-state index contributed by atoms with van der Waals surface area (Å²) in [5.74, 6) is -1.23. The van der Waals surface area contributed by atoms with Crippen LogP contribution >= 0.6 is 15.9 Å². The molecule has 2 aromatic rings. The number of carboxylic acids is 1. The van der Waals surface area contributed by atoms with E-state index in [1.807, 2.05) is 6.07 Å². The molecule has 5 heteroatoms. The normalized spacial score (nSPS) is 10.2. The molecule has 2 N–H and O–H groups in total. The van der Waals surface area contributed by atoms with Crippen LogP contribution in [0, 0.1) is 0 Å². The van der Waals surface area contributed by atoms with Gasteiger partial charge in [0.05, 0.1) is 0 Å². The molecule has 0 fully saturated rings. The number of nitrogens with one attached hydrogen (secondary N) is 1. The second-order valence-corrected chi connectivity index (χ2v) is 4.34. The number of aromatic amines is 1. The summed E-state index contributed by atoms with van der Waals surface area (Å²) in [4.78, 5) is 25.4. The molecule has 0 bridgehead atoms. The number of carboxylic acid groups (broad SMARTS) is 1. The van der Waals surface area contributed by atoms with Crippen LogP contribution in [0.2, 0.25) is 0 Å². The quantitative estimate of drug-likeness (QED) is 0.894. The van der Waals surface area contributed by atoms with E-state index in [-0.39, 0.29) is 5.56 Å². The van der Waals surface area contributed by atoms with Gasteiger partial charge < -0.3 is 10.1 Å². The van der Waals surface area contributed by atoms with E-state index in [1.54, 1.807) is 18.2 Å². The predicted octanol–water partition coefficient (Wildman–Crippen LogP) is 2.50. The lowest BCUT2D eigenvalue weighted by Gasteiger charge is -2.02. The zero-order valence-electron chi connectivity index (χ0n) is 8.61. The molecule has 0 atom stereocenters. The van der Waals surface area contributed by atoms with E-state index in [2.05, 4.69) is 20.9 Å². The molecule has 0 aliphatic carbocycles. The fourth-order valence-corrected chi connectivity index (χ4v) is 1.91. The first-order valence-corrected chi connectivity index (χ1v) is 5.59. The molecular formula is C12H8BrNO3. The number of benzene rings is 1. The van der Waals surface area contributed by atoms with Crippen LogP contribution in [-0.2, 0) is 0 Å². The Labute approximate surface area is 105 Å². The van der Waals surface area contributed by atoms with Crippen molar-refractivity contribution >= 4 is 21.9 Å². The summed E-state index contributed by atoms with van der Waals surface area (Å²) in [5.41, 5.74) is 0.256. The number of aromatic nitrogens is 1. The third-order valence-electron chi connectivity index (χ3n) is 2.31. The first kappa shape index (κ1) is 11.6. The minimum absolute atomic E-state index is 0.262. The van der Waals surface area contributed by atoms with Crippen LogP contribution < -0.4 is 5.43 Å². The van der Waals surface area contributed by atoms with Crippen molar-refractivity contribution in [2.45, 2.75) is 0 Å². The Hall–Kier alpha value is -1.88. The molecule has 0 aliphatic rings. The van der Waals surface area contributed by atoms with Crippen molar-refractivity contribution in [1.29, 1.82) is 0 Å². The van der Waals surface area contributed by atoms with E-state index in [0.29, 0.717) is 11.1 Å². The van der Waals surface area contributed by atoms with Crippen LogP contribution in [0.15, 0.2) is 45.9 Å². The van der Waals surface area contributed by atoms with Gasteiger partial charge in [-0.15, -0.1) is 0 Å². The molecule has 0 amide bonds. The Morgan fingerprint density at radius 3 is 2.71 bits per heavy atom. The lowest BCUT2D eigenvalue weighted by molar-refractivity contribution is 0.0695. The minimum atomic E-state index is -1.23. The van der Waals surface area contributed by atoms with Gasteiger partial charge in [-0.1, -0.05) is 28.1 Å². The lowest BCUT2D eigenvalue weighted by Crippen LogP contribution is -2.16. The van der Waals surface area contributed by atoms with E-state index in [9.17, 15) is 9.59 Å². The smallest absolute Gasteiger partial charge is 0.341 e. The standard InChI is InChI=1S/C12H8BrNO3/c13-8-3-1-2-7(4-8)9-5-14-6-10(11(9)15)12(16)17/h1-6H,(H,14,15)(H,16,17). The summed E-state index contributed by atoms with van der Waals surface area (Å²) >= 11 is 3.30. The highest BCUT2D eigenvalue weighted by Crippen LogP contribution is 2.19. The van der Waals surface area contributed by atoms with Gasteiger partial charge in [0.15, 0.2) is 0 Å². The number of aromatic carboxylic acids is 1. The predicted molar refractivity (Wildman–Crippen MR) is 67.2 cm³/mol. The highest BCUT2D eigenvalue weighted by Gasteiger charge is 2.12. The largest absolute Gasteiger partial charge is 0.477 e. The number of halogens is 1. The maximum Gasteiger partial charge on any atom is 0.341 e. The molecule has 0 aliphatic heterocycles. The molecule has 0 unspecified atom stereocenters. The first-order valence-electron chi connectivity index (χ1n) is 4.80. The van der Waals surface area contributed by atoms with Crippen LogP contribution in [0.3, 0.4) is 0 Å². The average Bonchev–Trinajstić information content (AvgIpc) is 2.29. The lowest BCUT2D eigenvalue weighted by atomic mass is 10.1. The average molecular weight is 294 g/mol. The maximum absolute atomic E-state index is 11.9. The van der Waals surface area contributed by atoms with Gasteiger partial charge >= 0.3 is 5.97 Å². The van der Waals surface area contributed by atoms with Gasteiger partial charge in [-0.2, -0.15) is 0 Å². The molecule has 17 heavy (non-hydrogen) atoms. The Kier molecular flexibility index (Phi) is 3.10. The number of carbonyl (C=O) groups is 1. The van der Waals surface area contributed by atoms with Crippen LogP contribution in [0.1, 0.15) is 10.4 Å². The molecule has 1 aromatic heterocycles. The van der Waals surface area contributed by atoms with Crippen molar-refractivity contribution in [2.75, 3.05) is 0 Å². The van der Waals surface area contributed by atoms with Crippen molar-refractivity contribution in [2.24, 2.45) is 0 Å². The van der Waals surface area contributed by atoms with Gasteiger partial charge in [0.1, 0.15) is 5.56 Å². The monoisotopic (exact) mass is 293 g/mol. The van der Waals surface area contributed by atoms with Crippen molar-refractivity contribution in [3.8, 4) is 11.1 Å². The third kappa shape index (κ3) is 2.29. The summed E-state index contributed by atoms with van der Waals surface area (Å²) in [6, 6.07) is 7.13. The third-order valence-corrected chi connectivity index (χ3v) is 2.80. The molecular weight excluding hydrogens is 286 g/mol. The van der Waals surface area contributed by atoms with Crippen molar-refractivity contribution in [3.05, 3.63) is 56.9 Å². The van der Waals surface area contributed by atoms with Crippen molar-refractivity contribution < 1.29 is 9.90 Å². The van der Waals surface area contributed by atoms with Gasteiger partial charge in [0, 0.05) is 22.4 Å². The summed E-state index contributed by atoms with van der Waals surface area (Å²) in [5, 5.41) is 8.86. The number of H-pyrrole nitrogens is 1. The highest BCUT2D eigenvalue weighted by atomic mass is 79.9. The number of hydrogen-bond acceptors (Lipinski definition) is 2. The number of rotatable bonds is 2. The minimum Gasteiger partial charge on any atom is -0.477 e. The Morgan fingerprint density at radius 1 is 1.29 bits per heavy atom. The zero-order chi connectivity index (χ0) is 12.4. The Balaban J connectivity index is 2.65. The molecule has 86 valence electrons. The van der Waals surface area contributed by atoms with Gasteiger partial charge in [0.25, 0.3) is 0 Å². The Morgan fingerprint density at radius 2 is 2.06 bits per heavy atom. The van der Waals surface area contributed by atoms with Gasteiger partial charge in [0.2, 0.25) is 5.43 Å². The van der Waals surface area contributed by atoms with Gasteiger partial charge in [-0.05, 0) is 17.7 Å². The summed E-state index contributed by atoms with van der Waals surface area (Å²) in [7, 11) is 0. The summed E-state index contributed by atoms with van der Waals surface area (Å²) < 4.78 is 0.829. The molecule has 1 aromatic carbocycles. The first-order chi connectivity index (χ1) is 8.09. The SMILES string of the molecule is O=C(O)c1c[nH]cc(-c2cccc(Br)c2)c1=O. The highest BCUT2D eigenvalue weighted by molar-refractivity contribution is 9.10. The summed E-state index contributed by atoms with van der Waals surface area (Å²) in [6.07, 6.45) is 2.68. The molecule has 1 heterocycles. The molecule has 0 radical (unpaired) electrons. The number of pyridine rings is 1. The maximum atomic E-state index is 11.9. The topological polar surface area (TPSA) is 70.2 Å². The molecule has 0 saturated carbocycles. The van der Waals surface area contributed by atoms with Crippen molar-refractivity contribution in [1.82, 2.24) is 4.98 Å². The van der Waals surface area contributed by atoms with Crippen LogP contribution in [0.25, 0.3) is 11.1 Å². The van der Waals surface area contributed by atoms with Crippen molar-refractivity contribution in [3.63, 3.8) is 0 Å². The van der Waals surface area contributed by atoms with E-state index in [1.165, 1.54) is 12.4 Å². The van der Waals surface area contributed by atoms with E-state index >= 15 is 0 Å². The molecule has 0 saturated heterocycles. The zero-order valence-corrected chi connectivity index (χ0v) is 10.2. The fourth-order valence-electron chi connectivity index (χ4n) is 1.51. The van der Waals surface area contributed by atoms with E-state index < -0.39 is 11.4 Å². The second kappa shape index (κ2) is 4.55. The van der Waals surface area contributed by atoms with E-state index in [4.69, 9.17) is 5.11 Å². The van der Waals surface area contributed by atoms with Crippen LogP contribution in [-0.4, -0.2) is 16.1 Å². The number of hydrogen-bond donors (Lipinski definition) is 2. The van der Waals surface area contributed by atoms with E-state index in [0.717, 1.165) is 4.47 Å². The van der Waals surface area contributed by atoms with Gasteiger partial charge in [-0.25, -0.2) is 4.79 Å². The summed E-state index contributed by atoms with van der Waals surface area (Å²) in [6.45, 7) is 0. The van der Waals surface area contributed by atoms with Crippen LogP contribution in [0.5, 0.6) is 0 Å². The Bertz CT molecular complexity index is 634. The van der Waals surface area contributed by atoms with Crippen LogP contribution in [0.4, 0.5) is 0 Å².